The molecule has 3 N–H and O–H groups in total. The maximum absolute atomic E-state index is 13.1. The van der Waals surface area contributed by atoms with Crippen molar-refractivity contribution in [2.24, 2.45) is 0 Å². The lowest BCUT2D eigenvalue weighted by molar-refractivity contribution is -0.148. The van der Waals surface area contributed by atoms with Crippen molar-refractivity contribution in [1.29, 1.82) is 0 Å². The van der Waals surface area contributed by atoms with Crippen LogP contribution in [0.15, 0.2) is 65.7 Å². The molecule has 9 heteroatoms. The molecule has 1 fully saturated rings. The number of aromatic amines is 3. The van der Waals surface area contributed by atoms with E-state index in [1.807, 2.05) is 60.9 Å². The van der Waals surface area contributed by atoms with E-state index in [0.717, 1.165) is 32.9 Å². The summed E-state index contributed by atoms with van der Waals surface area (Å²) in [5, 5.41) is 7.77. The summed E-state index contributed by atoms with van der Waals surface area (Å²) in [4.78, 5) is 17.8. The van der Waals surface area contributed by atoms with Crippen LogP contribution in [0, 0.1) is 0 Å². The minimum absolute atomic E-state index is 0.0627. The van der Waals surface area contributed by atoms with Gasteiger partial charge in [-0.3, -0.25) is 19.9 Å². The molecule has 180 valence electrons. The van der Waals surface area contributed by atoms with E-state index in [2.05, 4.69) is 19.7 Å². The van der Waals surface area contributed by atoms with E-state index < -0.39 is 12.7 Å². The van der Waals surface area contributed by atoms with Gasteiger partial charge in [0.1, 0.15) is 0 Å². The second-order valence-corrected chi connectivity index (χ2v) is 9.17. The van der Waals surface area contributed by atoms with Gasteiger partial charge in [0, 0.05) is 64.5 Å². The summed E-state index contributed by atoms with van der Waals surface area (Å²) >= 11 is 0. The van der Waals surface area contributed by atoms with Gasteiger partial charge >= 0.3 is 6.18 Å². The zero-order chi connectivity index (χ0) is 24.2. The van der Waals surface area contributed by atoms with E-state index >= 15 is 0 Å². The third kappa shape index (κ3) is 3.85. The molecular weight excluding hydrogens is 455 g/mol. The molecule has 3 aromatic heterocycles. The van der Waals surface area contributed by atoms with Gasteiger partial charge in [-0.05, 0) is 25.0 Å². The third-order valence-electron chi connectivity index (χ3n) is 7.00. The summed E-state index contributed by atoms with van der Waals surface area (Å²) in [5.74, 6) is 0. The van der Waals surface area contributed by atoms with Gasteiger partial charge in [-0.2, -0.15) is 13.2 Å². The average Bonchev–Trinajstić information content (AvgIpc) is 3.53. The standard InChI is InChI=1S/C26H24F3N5O/c27-26(28,29)15-33-11-9-16(10-12-33)34-14-20(18-6-2-4-8-22(18)34)23-24(31-32-25(23)35)19-13-30-21-7-3-1-5-17(19)21/h1-8,13-14,16,30H,9-12,15H2,(H2,31,32,35). The van der Waals surface area contributed by atoms with Gasteiger partial charge in [-0.15, -0.1) is 0 Å². The maximum atomic E-state index is 13.1. The number of alkyl halides is 3. The number of piperidine rings is 1. The number of nitrogens with one attached hydrogen (secondary N) is 3. The molecule has 1 saturated heterocycles. The highest BCUT2D eigenvalue weighted by Crippen LogP contribution is 2.39. The Morgan fingerprint density at radius 2 is 1.63 bits per heavy atom. The van der Waals surface area contributed by atoms with E-state index in [1.165, 1.54) is 4.90 Å². The number of likely N-dealkylation sites (tertiary alicyclic amines) is 1. The Morgan fingerprint density at radius 1 is 0.914 bits per heavy atom. The smallest absolute Gasteiger partial charge is 0.360 e. The molecule has 6 nitrogen and oxygen atoms in total. The minimum atomic E-state index is -4.19. The molecule has 35 heavy (non-hydrogen) atoms. The Balaban J connectivity index is 1.42. The second kappa shape index (κ2) is 8.20. The molecule has 0 aliphatic carbocycles. The quantitative estimate of drug-likeness (QED) is 0.311. The van der Waals surface area contributed by atoms with Gasteiger partial charge < -0.3 is 9.55 Å². The largest absolute Gasteiger partial charge is 0.401 e. The SMILES string of the molecule is O=c1[nH][nH]c(-c2c[nH]c3ccccc23)c1-c1cn(C2CCN(CC(F)(F)F)CC2)c2ccccc12. The van der Waals surface area contributed by atoms with Crippen LogP contribution >= 0.6 is 0 Å². The molecule has 4 heterocycles. The number of halogens is 3. The molecule has 0 amide bonds. The summed E-state index contributed by atoms with van der Waals surface area (Å²) in [7, 11) is 0. The van der Waals surface area contributed by atoms with Crippen LogP contribution in [0.2, 0.25) is 0 Å². The Hall–Kier alpha value is -3.72. The summed E-state index contributed by atoms with van der Waals surface area (Å²) < 4.78 is 40.6. The lowest BCUT2D eigenvalue weighted by atomic mass is 10.0. The van der Waals surface area contributed by atoms with Crippen LogP contribution in [0.3, 0.4) is 0 Å². The van der Waals surface area contributed by atoms with E-state index in [4.69, 9.17) is 0 Å². The summed E-state index contributed by atoms with van der Waals surface area (Å²) in [6.07, 6.45) is 0.933. The highest BCUT2D eigenvalue weighted by atomic mass is 19.4. The van der Waals surface area contributed by atoms with Crippen LogP contribution in [0.4, 0.5) is 13.2 Å². The van der Waals surface area contributed by atoms with Gasteiger partial charge in [0.05, 0.1) is 17.8 Å². The first-order valence-electron chi connectivity index (χ1n) is 11.7. The van der Waals surface area contributed by atoms with Gasteiger partial charge in [-0.25, -0.2) is 0 Å². The predicted molar refractivity (Wildman–Crippen MR) is 130 cm³/mol. The number of hydrogen-bond donors (Lipinski definition) is 3. The number of para-hydroxylation sites is 2. The van der Waals surface area contributed by atoms with E-state index in [-0.39, 0.29) is 11.6 Å². The maximum Gasteiger partial charge on any atom is 0.401 e. The van der Waals surface area contributed by atoms with Crippen molar-refractivity contribution in [2.45, 2.75) is 25.1 Å². The number of nitrogens with zero attached hydrogens (tertiary/aromatic N) is 2. The Morgan fingerprint density at radius 3 is 2.40 bits per heavy atom. The highest BCUT2D eigenvalue weighted by molar-refractivity contribution is 6.03. The van der Waals surface area contributed by atoms with Crippen molar-refractivity contribution in [2.75, 3.05) is 19.6 Å². The first-order valence-corrected chi connectivity index (χ1v) is 11.7. The molecule has 0 unspecified atom stereocenters. The first-order chi connectivity index (χ1) is 16.9. The second-order valence-electron chi connectivity index (χ2n) is 9.17. The van der Waals surface area contributed by atoms with Gasteiger partial charge in [-0.1, -0.05) is 36.4 Å². The molecular formula is C26H24F3N5O. The first kappa shape index (κ1) is 21.8. The van der Waals surface area contributed by atoms with Crippen LogP contribution in [0.5, 0.6) is 0 Å². The molecule has 0 atom stereocenters. The minimum Gasteiger partial charge on any atom is -0.360 e. The van der Waals surface area contributed by atoms with E-state index in [9.17, 15) is 18.0 Å². The molecule has 2 aromatic carbocycles. The molecule has 6 rings (SSSR count). The number of fused-ring (bicyclic) bond motifs is 2. The molecule has 0 spiro atoms. The van der Waals surface area contributed by atoms with Crippen molar-refractivity contribution >= 4 is 21.8 Å². The fourth-order valence-corrected chi connectivity index (χ4v) is 5.41. The van der Waals surface area contributed by atoms with Crippen molar-refractivity contribution in [1.82, 2.24) is 24.6 Å². The van der Waals surface area contributed by atoms with Crippen LogP contribution in [-0.4, -0.2) is 50.5 Å². The number of aromatic nitrogens is 4. The summed E-state index contributed by atoms with van der Waals surface area (Å²) in [6, 6.07) is 15.9. The Labute approximate surface area is 198 Å². The number of rotatable bonds is 4. The van der Waals surface area contributed by atoms with Gasteiger partial charge in [0.25, 0.3) is 5.56 Å². The number of H-pyrrole nitrogens is 3. The fourth-order valence-electron chi connectivity index (χ4n) is 5.41. The number of benzene rings is 2. The van der Waals surface area contributed by atoms with Crippen molar-refractivity contribution in [3.05, 3.63) is 71.3 Å². The Kier molecular flexibility index (Phi) is 5.10. The number of hydrogen-bond acceptors (Lipinski definition) is 2. The van der Waals surface area contributed by atoms with Crippen molar-refractivity contribution < 1.29 is 13.2 Å². The van der Waals surface area contributed by atoms with E-state index in [1.54, 1.807) is 0 Å². The molecule has 0 bridgehead atoms. The van der Waals surface area contributed by atoms with Gasteiger partial charge in [0.15, 0.2) is 0 Å². The highest BCUT2D eigenvalue weighted by Gasteiger charge is 2.33. The third-order valence-corrected chi connectivity index (χ3v) is 7.00. The molecule has 1 aliphatic rings. The van der Waals surface area contributed by atoms with Crippen LogP contribution < -0.4 is 5.56 Å². The fraction of sp³-hybridized carbons (Fsp3) is 0.269. The monoisotopic (exact) mass is 479 g/mol. The van der Waals surface area contributed by atoms with E-state index in [0.29, 0.717) is 37.2 Å². The van der Waals surface area contributed by atoms with Crippen LogP contribution in [0.1, 0.15) is 18.9 Å². The molecule has 1 aliphatic heterocycles. The Bertz CT molecular complexity index is 1560. The van der Waals surface area contributed by atoms with Crippen LogP contribution in [0.25, 0.3) is 44.2 Å². The average molecular weight is 480 g/mol. The van der Waals surface area contributed by atoms with Crippen molar-refractivity contribution in [3.8, 4) is 22.4 Å². The predicted octanol–water partition coefficient (Wildman–Crippen LogP) is 5.67. The molecule has 5 aromatic rings. The normalized spacial score (nSPS) is 16.0. The lowest BCUT2D eigenvalue weighted by Gasteiger charge is -2.33. The summed E-state index contributed by atoms with van der Waals surface area (Å²) in [5.41, 5.74) is 4.70. The summed E-state index contributed by atoms with van der Waals surface area (Å²) in [6.45, 7) is -0.0984. The van der Waals surface area contributed by atoms with Crippen molar-refractivity contribution in [3.63, 3.8) is 0 Å². The molecule has 0 saturated carbocycles. The molecule has 0 radical (unpaired) electrons. The zero-order valence-corrected chi connectivity index (χ0v) is 18.8. The topological polar surface area (TPSA) is 72.6 Å². The zero-order valence-electron chi connectivity index (χ0n) is 18.8. The van der Waals surface area contributed by atoms with Crippen LogP contribution in [-0.2, 0) is 0 Å². The van der Waals surface area contributed by atoms with Gasteiger partial charge in [0.2, 0.25) is 0 Å². The lowest BCUT2D eigenvalue weighted by Crippen LogP contribution is -2.40.